The van der Waals surface area contributed by atoms with Gasteiger partial charge in [0.25, 0.3) is 0 Å². The molecular formula is C18H11N5O2S2. The molecule has 7 nitrogen and oxygen atoms in total. The van der Waals surface area contributed by atoms with Gasteiger partial charge in [-0.25, -0.2) is 14.7 Å². The van der Waals surface area contributed by atoms with E-state index in [0.717, 1.165) is 10.2 Å². The van der Waals surface area contributed by atoms with E-state index in [-0.39, 0.29) is 11.5 Å². The second-order valence-electron chi connectivity index (χ2n) is 5.16. The molecule has 0 bridgehead atoms. The van der Waals surface area contributed by atoms with E-state index in [1.165, 1.54) is 28.4 Å². The molecule has 0 aliphatic carbocycles. The summed E-state index contributed by atoms with van der Waals surface area (Å²) in [5.41, 5.74) is 2.09. The van der Waals surface area contributed by atoms with Crippen LogP contribution in [0.3, 0.4) is 0 Å². The number of nitriles is 1. The van der Waals surface area contributed by atoms with E-state index >= 15 is 0 Å². The van der Waals surface area contributed by atoms with Crippen molar-refractivity contribution in [3.05, 3.63) is 48.0 Å². The molecule has 2 N–H and O–H groups in total. The van der Waals surface area contributed by atoms with Crippen molar-refractivity contribution in [2.75, 3.05) is 10.2 Å². The van der Waals surface area contributed by atoms with Crippen LogP contribution < -0.4 is 10.2 Å². The fourth-order valence-electron chi connectivity index (χ4n) is 2.30. The minimum atomic E-state index is -1.03. The maximum absolute atomic E-state index is 11.0. The Morgan fingerprint density at radius 2 is 2.07 bits per heavy atom. The van der Waals surface area contributed by atoms with Gasteiger partial charge in [0.2, 0.25) is 12.2 Å². The highest BCUT2D eigenvalue weighted by atomic mass is 32.2. The van der Waals surface area contributed by atoms with E-state index in [0.29, 0.717) is 15.7 Å². The number of thiol groups is 1. The zero-order valence-corrected chi connectivity index (χ0v) is 15.3. The average Bonchev–Trinajstić information content (AvgIpc) is 3.02. The molecule has 0 amide bonds. The Kier molecular flexibility index (Phi) is 5.27. The molecule has 9 heteroatoms. The number of aromatic carboxylic acids is 1. The quantitative estimate of drug-likeness (QED) is 0.157. The molecule has 0 radical (unpaired) electrons. The first-order valence-electron chi connectivity index (χ1n) is 7.45. The van der Waals surface area contributed by atoms with Crippen LogP contribution in [0.2, 0.25) is 0 Å². The summed E-state index contributed by atoms with van der Waals surface area (Å²) < 4.78 is 1.52. The molecule has 0 aliphatic heterocycles. The lowest BCUT2D eigenvalue weighted by Gasteiger charge is -2.20. The van der Waals surface area contributed by atoms with E-state index in [2.05, 4.69) is 34.0 Å². The van der Waals surface area contributed by atoms with Crippen LogP contribution in [0.1, 0.15) is 10.4 Å². The van der Waals surface area contributed by atoms with Crippen LogP contribution in [-0.4, -0.2) is 22.0 Å². The number of rotatable bonds is 3. The topological polar surface area (TPSA) is 102 Å². The normalized spacial score (nSPS) is 10.9. The van der Waals surface area contributed by atoms with E-state index in [9.17, 15) is 4.79 Å². The van der Waals surface area contributed by atoms with Gasteiger partial charge in [0.1, 0.15) is 4.34 Å². The van der Waals surface area contributed by atoms with Crippen LogP contribution in [0.15, 0.2) is 51.8 Å². The Labute approximate surface area is 164 Å². The number of aliphatic imine (C=N–C) groups is 1. The molecule has 0 saturated heterocycles. The van der Waals surface area contributed by atoms with E-state index in [4.69, 9.17) is 16.8 Å². The molecule has 0 fully saturated rings. The molecule has 1 aromatic heterocycles. The maximum atomic E-state index is 11.0. The highest BCUT2D eigenvalue weighted by Gasteiger charge is 2.14. The number of fused-ring (bicyclic) bond motifs is 1. The molecule has 132 valence electrons. The summed E-state index contributed by atoms with van der Waals surface area (Å²) in [5.74, 6) is -0.919. The summed E-state index contributed by atoms with van der Waals surface area (Å²) >= 11 is 5.65. The third-order valence-corrected chi connectivity index (χ3v) is 4.70. The summed E-state index contributed by atoms with van der Waals surface area (Å²) in [6.07, 6.45) is 7.36. The summed E-state index contributed by atoms with van der Waals surface area (Å²) in [4.78, 5) is 20.4. The van der Waals surface area contributed by atoms with Crippen LogP contribution in [-0.2, 0) is 0 Å². The van der Waals surface area contributed by atoms with Crippen LogP contribution in [0.25, 0.3) is 10.2 Å². The van der Waals surface area contributed by atoms with Crippen molar-refractivity contribution < 1.29 is 9.90 Å². The predicted octanol–water partition coefficient (Wildman–Crippen LogP) is 3.63. The first-order valence-corrected chi connectivity index (χ1v) is 8.71. The number of nitrogens with zero attached hydrogens (tertiary/aromatic N) is 4. The number of hydrogen-bond donors (Lipinski definition) is 3. The number of carboxylic acids is 1. The molecule has 3 rings (SSSR count). The Morgan fingerprint density at radius 1 is 1.33 bits per heavy atom. The number of guanidine groups is 1. The zero-order valence-electron chi connectivity index (χ0n) is 13.6. The molecule has 2 aromatic carbocycles. The molecule has 0 unspecified atom stereocenters. The molecule has 0 atom stereocenters. The van der Waals surface area contributed by atoms with Crippen molar-refractivity contribution in [3.8, 4) is 18.7 Å². The van der Waals surface area contributed by atoms with Gasteiger partial charge < -0.3 is 10.4 Å². The molecule has 27 heavy (non-hydrogen) atoms. The van der Waals surface area contributed by atoms with Gasteiger partial charge in [0.15, 0.2) is 0 Å². The van der Waals surface area contributed by atoms with Crippen LogP contribution in [0.5, 0.6) is 0 Å². The number of benzene rings is 2. The molecule has 1 heterocycles. The van der Waals surface area contributed by atoms with Gasteiger partial charge in [-0.1, -0.05) is 6.42 Å². The number of anilines is 2. The molecule has 3 aromatic rings. The maximum Gasteiger partial charge on any atom is 0.335 e. The predicted molar refractivity (Wildman–Crippen MR) is 108 cm³/mol. The smallest absolute Gasteiger partial charge is 0.335 e. The minimum Gasteiger partial charge on any atom is -0.478 e. The third kappa shape index (κ3) is 4.01. The lowest BCUT2D eigenvalue weighted by Crippen LogP contribution is -2.32. The average molecular weight is 393 g/mol. The second-order valence-corrected chi connectivity index (χ2v) is 6.91. The molecule has 0 spiro atoms. The number of hydrogen-bond acceptors (Lipinski definition) is 6. The van der Waals surface area contributed by atoms with Gasteiger partial charge in [-0.05, 0) is 42.5 Å². The van der Waals surface area contributed by atoms with Crippen LogP contribution in [0, 0.1) is 23.9 Å². The van der Waals surface area contributed by atoms with Crippen LogP contribution >= 0.6 is 24.0 Å². The number of thiazole rings is 1. The largest absolute Gasteiger partial charge is 0.478 e. The van der Waals surface area contributed by atoms with Gasteiger partial charge in [-0.15, -0.1) is 29.0 Å². The van der Waals surface area contributed by atoms with Crippen molar-refractivity contribution in [2.45, 2.75) is 4.34 Å². The van der Waals surface area contributed by atoms with E-state index < -0.39 is 5.97 Å². The van der Waals surface area contributed by atoms with Gasteiger partial charge in [0.05, 0.1) is 21.5 Å². The van der Waals surface area contributed by atoms with Crippen LogP contribution in [0.4, 0.5) is 11.4 Å². The summed E-state index contributed by atoms with van der Waals surface area (Å²) in [6.45, 7) is 0. The first-order chi connectivity index (χ1) is 13.0. The Bertz CT molecular complexity index is 1120. The molecular weight excluding hydrogens is 382 g/mol. The lowest BCUT2D eigenvalue weighted by molar-refractivity contribution is 0.0697. The summed E-state index contributed by atoms with van der Waals surface area (Å²) in [7, 11) is 0. The number of nitrogens with one attached hydrogen (secondary N) is 1. The van der Waals surface area contributed by atoms with Gasteiger partial charge in [0, 0.05) is 11.7 Å². The summed E-state index contributed by atoms with van der Waals surface area (Å²) in [5, 5.41) is 20.9. The van der Waals surface area contributed by atoms with E-state index in [1.54, 1.807) is 30.5 Å². The van der Waals surface area contributed by atoms with Crippen molar-refractivity contribution >= 4 is 57.5 Å². The highest BCUT2D eigenvalue weighted by molar-refractivity contribution is 7.82. The fraction of sp³-hybridized carbons (Fsp3) is 0. The van der Waals surface area contributed by atoms with Gasteiger partial charge in [-0.2, -0.15) is 5.26 Å². The zero-order chi connectivity index (χ0) is 19.4. The number of terminal acetylenes is 1. The van der Waals surface area contributed by atoms with Gasteiger partial charge in [-0.3, -0.25) is 0 Å². The monoisotopic (exact) mass is 393 g/mol. The van der Waals surface area contributed by atoms with E-state index in [1.807, 2.05) is 6.07 Å². The Hall–Kier alpha value is -3.53. The number of aromatic nitrogens is 1. The number of carbonyl (C=O) groups is 1. The lowest BCUT2D eigenvalue weighted by atomic mass is 10.2. The fourth-order valence-corrected chi connectivity index (χ4v) is 3.45. The van der Waals surface area contributed by atoms with Crippen molar-refractivity contribution in [3.63, 3.8) is 0 Å². The van der Waals surface area contributed by atoms with Crippen molar-refractivity contribution in [1.29, 1.82) is 5.26 Å². The Balaban J connectivity index is 1.93. The van der Waals surface area contributed by atoms with Gasteiger partial charge >= 0.3 is 5.97 Å². The highest BCUT2D eigenvalue weighted by Crippen LogP contribution is 2.28. The number of carboxylic acid groups (broad SMARTS) is 1. The standard InChI is InChI=1S/C18H11N5O2S2/c1-2-23(13-7-8-14-15(9-13)27-18(26)22-14)17(20-10-19)21-12-5-3-11(4-6-12)16(24)25/h1,3-9H,(H,20,21)(H,22,26)(H,24,25). The van der Waals surface area contributed by atoms with Crippen molar-refractivity contribution in [2.24, 2.45) is 4.99 Å². The SMILES string of the molecule is C#CN(/C(=N/C#N)Nc1ccc(C(=O)O)cc1)c1ccc2nc(S)sc2c1. The molecule has 0 aliphatic rings. The minimum absolute atomic E-state index is 0.109. The van der Waals surface area contributed by atoms with Crippen molar-refractivity contribution in [1.82, 2.24) is 4.98 Å². The first kappa shape index (κ1) is 18.3. The third-order valence-electron chi connectivity index (χ3n) is 3.50. The molecule has 0 saturated carbocycles. The summed E-state index contributed by atoms with van der Waals surface area (Å²) in [6, 6.07) is 13.9. The second kappa shape index (κ2) is 7.79. The Morgan fingerprint density at radius 3 is 2.70 bits per heavy atom.